The second-order valence-corrected chi connectivity index (χ2v) is 5.69. The molecule has 1 atom stereocenters. The van der Waals surface area contributed by atoms with Crippen LogP contribution in [0.5, 0.6) is 11.5 Å². The Kier molecular flexibility index (Phi) is 5.31. The Morgan fingerprint density at radius 3 is 2.81 bits per heavy atom. The largest absolute Gasteiger partial charge is 0.493 e. The minimum Gasteiger partial charge on any atom is -0.493 e. The zero-order chi connectivity index (χ0) is 15.4. The van der Waals surface area contributed by atoms with E-state index < -0.39 is 12.0 Å². The molecular formula is C15H20ClNO4. The number of benzene rings is 1. The molecule has 0 aromatic heterocycles. The number of hydrogen-bond donors (Lipinski definition) is 2. The molecule has 1 aliphatic rings. The van der Waals surface area contributed by atoms with Crippen molar-refractivity contribution in [2.75, 3.05) is 13.7 Å². The second kappa shape index (κ2) is 7.00. The number of hydrogen-bond acceptors (Lipinski definition) is 4. The average molecular weight is 314 g/mol. The average Bonchev–Trinajstić information content (AvgIpc) is 3.26. The molecule has 0 bridgehead atoms. The van der Waals surface area contributed by atoms with Gasteiger partial charge in [0.2, 0.25) is 0 Å². The summed E-state index contributed by atoms with van der Waals surface area (Å²) in [5.41, 5.74) is 6.73. The van der Waals surface area contributed by atoms with Crippen LogP contribution in [-0.4, -0.2) is 24.8 Å². The van der Waals surface area contributed by atoms with Crippen molar-refractivity contribution in [2.24, 2.45) is 11.7 Å². The van der Waals surface area contributed by atoms with Gasteiger partial charge in [-0.25, -0.2) is 0 Å². The van der Waals surface area contributed by atoms with Gasteiger partial charge in [0.25, 0.3) is 0 Å². The molecule has 0 saturated heterocycles. The van der Waals surface area contributed by atoms with Crippen molar-refractivity contribution in [3.05, 3.63) is 22.7 Å². The van der Waals surface area contributed by atoms with Crippen LogP contribution >= 0.6 is 11.6 Å². The van der Waals surface area contributed by atoms with Gasteiger partial charge >= 0.3 is 5.97 Å². The van der Waals surface area contributed by atoms with E-state index in [-0.39, 0.29) is 6.42 Å². The van der Waals surface area contributed by atoms with Crippen LogP contribution in [0, 0.1) is 5.92 Å². The molecule has 5 nitrogen and oxygen atoms in total. The molecule has 6 heteroatoms. The summed E-state index contributed by atoms with van der Waals surface area (Å²) >= 11 is 6.24. The van der Waals surface area contributed by atoms with Crippen molar-refractivity contribution in [3.8, 4) is 11.5 Å². The van der Waals surface area contributed by atoms with Crippen molar-refractivity contribution in [3.63, 3.8) is 0 Å². The summed E-state index contributed by atoms with van der Waals surface area (Å²) in [4.78, 5) is 10.7. The lowest BCUT2D eigenvalue weighted by Gasteiger charge is -2.20. The van der Waals surface area contributed by atoms with Gasteiger partial charge in [0.05, 0.1) is 13.7 Å². The number of methoxy groups -OCH3 is 1. The van der Waals surface area contributed by atoms with E-state index in [0.29, 0.717) is 41.0 Å². The molecule has 21 heavy (non-hydrogen) atoms. The van der Waals surface area contributed by atoms with Crippen LogP contribution in [0.3, 0.4) is 0 Å². The molecule has 0 aliphatic heterocycles. The van der Waals surface area contributed by atoms with Crippen molar-refractivity contribution >= 4 is 17.6 Å². The molecule has 0 heterocycles. The van der Waals surface area contributed by atoms with Gasteiger partial charge in [0, 0.05) is 23.0 Å². The molecule has 1 unspecified atom stereocenters. The van der Waals surface area contributed by atoms with Crippen LogP contribution in [0.1, 0.15) is 37.3 Å². The fraction of sp³-hybridized carbons (Fsp3) is 0.533. The van der Waals surface area contributed by atoms with Gasteiger partial charge < -0.3 is 20.3 Å². The quantitative estimate of drug-likeness (QED) is 0.771. The fourth-order valence-electron chi connectivity index (χ4n) is 2.12. The maximum atomic E-state index is 10.7. The zero-order valence-corrected chi connectivity index (χ0v) is 12.7. The Bertz CT molecular complexity index is 517. The van der Waals surface area contributed by atoms with Crippen LogP contribution in [-0.2, 0) is 4.79 Å². The van der Waals surface area contributed by atoms with Crippen LogP contribution < -0.4 is 15.2 Å². The number of carboxylic acid groups (broad SMARTS) is 1. The third-order valence-corrected chi connectivity index (χ3v) is 3.86. The lowest BCUT2D eigenvalue weighted by Crippen LogP contribution is -2.15. The standard InChI is InChI=1S/C15H20ClNO4/c1-20-12-6-4-10(16)14(11(17)5-7-13(18)19)15(12)21-8-9-2-3-9/h4,6,9,11H,2-3,5,7-8,17H2,1H3,(H,18,19). The summed E-state index contributed by atoms with van der Waals surface area (Å²) in [7, 11) is 1.56. The fourth-order valence-corrected chi connectivity index (χ4v) is 2.41. The van der Waals surface area contributed by atoms with Crippen molar-refractivity contribution < 1.29 is 19.4 Å². The van der Waals surface area contributed by atoms with Crippen molar-refractivity contribution in [1.82, 2.24) is 0 Å². The van der Waals surface area contributed by atoms with E-state index in [0.717, 1.165) is 0 Å². The predicted molar refractivity (Wildman–Crippen MR) is 80.0 cm³/mol. The highest BCUT2D eigenvalue weighted by molar-refractivity contribution is 6.31. The number of aliphatic carboxylic acids is 1. The van der Waals surface area contributed by atoms with Gasteiger partial charge in [0.15, 0.2) is 11.5 Å². The number of ether oxygens (including phenoxy) is 2. The first kappa shape index (κ1) is 15.9. The summed E-state index contributed by atoms with van der Waals surface area (Å²) in [5.74, 6) is 0.803. The number of halogens is 1. The van der Waals surface area contributed by atoms with E-state index in [1.54, 1.807) is 19.2 Å². The number of carboxylic acids is 1. The Morgan fingerprint density at radius 1 is 1.52 bits per heavy atom. The normalized spacial score (nSPS) is 15.6. The van der Waals surface area contributed by atoms with Crippen molar-refractivity contribution in [2.45, 2.75) is 31.7 Å². The third kappa shape index (κ3) is 4.25. The van der Waals surface area contributed by atoms with Gasteiger partial charge in [-0.15, -0.1) is 0 Å². The first-order valence-electron chi connectivity index (χ1n) is 6.99. The molecule has 0 amide bonds. The van der Waals surface area contributed by atoms with Gasteiger partial charge in [-0.2, -0.15) is 0 Å². The minimum absolute atomic E-state index is 0.0171. The van der Waals surface area contributed by atoms with Crippen LogP contribution in [0.2, 0.25) is 5.02 Å². The van der Waals surface area contributed by atoms with E-state index in [9.17, 15) is 4.79 Å². The van der Waals surface area contributed by atoms with Crippen LogP contribution in [0.15, 0.2) is 12.1 Å². The SMILES string of the molecule is COc1ccc(Cl)c(C(N)CCC(=O)O)c1OCC1CC1. The van der Waals surface area contributed by atoms with E-state index in [2.05, 4.69) is 0 Å². The monoisotopic (exact) mass is 313 g/mol. The summed E-state index contributed by atoms with van der Waals surface area (Å²) in [6.07, 6.45) is 2.62. The minimum atomic E-state index is -0.884. The molecule has 2 rings (SSSR count). The molecule has 116 valence electrons. The summed E-state index contributed by atoms with van der Waals surface area (Å²) in [5, 5.41) is 9.26. The van der Waals surface area contributed by atoms with Gasteiger partial charge in [-0.1, -0.05) is 11.6 Å². The third-order valence-electron chi connectivity index (χ3n) is 3.53. The maximum Gasteiger partial charge on any atom is 0.303 e. The zero-order valence-electron chi connectivity index (χ0n) is 12.0. The highest BCUT2D eigenvalue weighted by Crippen LogP contribution is 2.41. The molecule has 0 radical (unpaired) electrons. The highest BCUT2D eigenvalue weighted by atomic mass is 35.5. The molecular weight excluding hydrogens is 294 g/mol. The second-order valence-electron chi connectivity index (χ2n) is 5.29. The number of rotatable bonds is 8. The van der Waals surface area contributed by atoms with Crippen LogP contribution in [0.4, 0.5) is 0 Å². The van der Waals surface area contributed by atoms with Gasteiger partial charge in [-0.3, -0.25) is 4.79 Å². The van der Waals surface area contributed by atoms with Crippen molar-refractivity contribution in [1.29, 1.82) is 0 Å². The summed E-state index contributed by atoms with van der Waals surface area (Å²) in [6, 6.07) is 2.93. The van der Waals surface area contributed by atoms with E-state index >= 15 is 0 Å². The first-order valence-corrected chi connectivity index (χ1v) is 7.37. The van der Waals surface area contributed by atoms with E-state index in [1.165, 1.54) is 12.8 Å². The summed E-state index contributed by atoms with van der Waals surface area (Å²) < 4.78 is 11.2. The Labute approximate surface area is 129 Å². The lowest BCUT2D eigenvalue weighted by molar-refractivity contribution is -0.137. The molecule has 1 aromatic carbocycles. The lowest BCUT2D eigenvalue weighted by atomic mass is 10.0. The summed E-state index contributed by atoms with van der Waals surface area (Å²) in [6.45, 7) is 0.607. The molecule has 1 fully saturated rings. The Hall–Kier alpha value is -1.46. The topological polar surface area (TPSA) is 81.8 Å². The van der Waals surface area contributed by atoms with Crippen LogP contribution in [0.25, 0.3) is 0 Å². The predicted octanol–water partition coefficient (Wildman–Crippen LogP) is 3.00. The Balaban J connectivity index is 2.23. The van der Waals surface area contributed by atoms with E-state index in [1.807, 2.05) is 0 Å². The smallest absolute Gasteiger partial charge is 0.303 e. The number of carbonyl (C=O) groups is 1. The molecule has 1 saturated carbocycles. The van der Waals surface area contributed by atoms with E-state index in [4.69, 9.17) is 31.9 Å². The molecule has 0 spiro atoms. The van der Waals surface area contributed by atoms with Gasteiger partial charge in [-0.05, 0) is 37.3 Å². The van der Waals surface area contributed by atoms with Gasteiger partial charge in [0.1, 0.15) is 0 Å². The Morgan fingerprint density at radius 2 is 2.24 bits per heavy atom. The molecule has 1 aliphatic carbocycles. The first-order chi connectivity index (χ1) is 10.0. The molecule has 3 N–H and O–H groups in total. The molecule has 1 aromatic rings. The maximum absolute atomic E-state index is 10.7. The highest BCUT2D eigenvalue weighted by Gasteiger charge is 2.26. The number of nitrogens with two attached hydrogens (primary N) is 1.